The molecule has 1 aliphatic carbocycles. The molecule has 11 heavy (non-hydrogen) atoms. The van der Waals surface area contributed by atoms with E-state index in [-0.39, 0.29) is 0 Å². The zero-order valence-corrected chi connectivity index (χ0v) is 8.06. The largest absolute Gasteiger partial charge is 0.0856 e. The van der Waals surface area contributed by atoms with Crippen LogP contribution in [-0.4, -0.2) is 0 Å². The van der Waals surface area contributed by atoms with Crippen LogP contribution in [0.2, 0.25) is 0 Å². The number of allylic oxidation sites excluding steroid dienone is 2. The first-order valence-corrected chi connectivity index (χ1v) is 4.92. The molecule has 1 aliphatic rings. The Morgan fingerprint density at radius 1 is 1.45 bits per heavy atom. The van der Waals surface area contributed by atoms with Gasteiger partial charge in [0.1, 0.15) is 0 Å². The lowest BCUT2D eigenvalue weighted by Gasteiger charge is -2.15. The summed E-state index contributed by atoms with van der Waals surface area (Å²) in [6, 6.07) is 0. The zero-order chi connectivity index (χ0) is 8.27. The summed E-state index contributed by atoms with van der Waals surface area (Å²) in [5, 5.41) is 0. The van der Waals surface area contributed by atoms with E-state index in [0.29, 0.717) is 0 Å². The molecule has 0 bridgehead atoms. The van der Waals surface area contributed by atoms with Crippen molar-refractivity contribution >= 4 is 0 Å². The highest BCUT2D eigenvalue weighted by Gasteiger charge is 2.23. The molecule has 0 heteroatoms. The van der Waals surface area contributed by atoms with E-state index < -0.39 is 0 Å². The normalized spacial score (nSPS) is 32.8. The Morgan fingerprint density at radius 3 is 2.64 bits per heavy atom. The summed E-state index contributed by atoms with van der Waals surface area (Å²) in [4.78, 5) is 0. The van der Waals surface area contributed by atoms with Gasteiger partial charge in [-0.2, -0.15) is 0 Å². The summed E-state index contributed by atoms with van der Waals surface area (Å²) in [5.74, 6) is 1.85. The van der Waals surface area contributed by atoms with E-state index in [9.17, 15) is 0 Å². The van der Waals surface area contributed by atoms with Gasteiger partial charge in [0.25, 0.3) is 0 Å². The molecule has 0 saturated heterocycles. The quantitative estimate of drug-likeness (QED) is 0.528. The van der Waals surface area contributed by atoms with Crippen LogP contribution in [0, 0.1) is 11.8 Å². The van der Waals surface area contributed by atoms with Gasteiger partial charge in [-0.15, -0.1) is 0 Å². The zero-order valence-electron chi connectivity index (χ0n) is 8.06. The van der Waals surface area contributed by atoms with Gasteiger partial charge in [-0.05, 0) is 31.6 Å². The smallest absolute Gasteiger partial charge is 0.0180 e. The highest BCUT2D eigenvalue weighted by Crippen LogP contribution is 2.36. The minimum atomic E-state index is 0.912. The van der Waals surface area contributed by atoms with Crippen molar-refractivity contribution in [2.75, 3.05) is 0 Å². The van der Waals surface area contributed by atoms with Crippen molar-refractivity contribution in [2.45, 2.75) is 46.5 Å². The monoisotopic (exact) mass is 152 g/mol. The van der Waals surface area contributed by atoms with Crippen LogP contribution >= 0.6 is 0 Å². The topological polar surface area (TPSA) is 0 Å². The lowest BCUT2D eigenvalue weighted by molar-refractivity contribution is 0.478. The molecule has 64 valence electrons. The Hall–Kier alpha value is -0.260. The number of rotatable bonds is 2. The van der Waals surface area contributed by atoms with Gasteiger partial charge in [-0.1, -0.05) is 38.3 Å². The van der Waals surface area contributed by atoms with Gasteiger partial charge in [-0.3, -0.25) is 0 Å². The van der Waals surface area contributed by atoms with Crippen LogP contribution in [0.15, 0.2) is 11.6 Å². The number of hydrogen-bond acceptors (Lipinski definition) is 0. The molecule has 0 aromatic heterocycles. The van der Waals surface area contributed by atoms with Crippen LogP contribution in [0.4, 0.5) is 0 Å². The van der Waals surface area contributed by atoms with Gasteiger partial charge in [-0.25, -0.2) is 0 Å². The van der Waals surface area contributed by atoms with Crippen molar-refractivity contribution < 1.29 is 0 Å². The van der Waals surface area contributed by atoms with Crippen LogP contribution in [0.1, 0.15) is 46.5 Å². The Balaban J connectivity index is 2.52. The third kappa shape index (κ3) is 2.08. The average Bonchev–Trinajstić information content (AvgIpc) is 2.36. The molecule has 0 spiro atoms. The van der Waals surface area contributed by atoms with Crippen LogP contribution in [0.25, 0.3) is 0 Å². The summed E-state index contributed by atoms with van der Waals surface area (Å²) in [7, 11) is 0. The molecule has 0 aromatic carbocycles. The van der Waals surface area contributed by atoms with E-state index in [1.165, 1.54) is 25.7 Å². The van der Waals surface area contributed by atoms with E-state index >= 15 is 0 Å². The lowest BCUT2D eigenvalue weighted by Crippen LogP contribution is -2.04. The van der Waals surface area contributed by atoms with Crippen molar-refractivity contribution in [3.8, 4) is 0 Å². The Bertz CT molecular complexity index is 144. The Kier molecular flexibility index (Phi) is 3.16. The van der Waals surface area contributed by atoms with Crippen molar-refractivity contribution in [2.24, 2.45) is 11.8 Å². The van der Waals surface area contributed by atoms with Crippen LogP contribution in [0.3, 0.4) is 0 Å². The second-order valence-electron chi connectivity index (χ2n) is 3.87. The summed E-state index contributed by atoms with van der Waals surface area (Å²) < 4.78 is 0. The Labute approximate surface area is 70.7 Å². The third-order valence-corrected chi connectivity index (χ3v) is 2.97. The molecule has 0 nitrogen and oxygen atoms in total. The molecule has 0 aliphatic heterocycles. The summed E-state index contributed by atoms with van der Waals surface area (Å²) in [5.41, 5.74) is 1.64. The molecule has 1 fully saturated rings. The number of hydrogen-bond donors (Lipinski definition) is 0. The highest BCUT2D eigenvalue weighted by atomic mass is 14.3. The molecular weight excluding hydrogens is 132 g/mol. The SMILES string of the molecule is CC/C=C(\C)C1CCCC1C. The molecular formula is C11H20. The van der Waals surface area contributed by atoms with E-state index in [4.69, 9.17) is 0 Å². The summed E-state index contributed by atoms with van der Waals surface area (Å²) >= 11 is 0. The highest BCUT2D eigenvalue weighted by molar-refractivity contribution is 5.06. The van der Waals surface area contributed by atoms with E-state index in [0.717, 1.165) is 11.8 Å². The molecule has 0 heterocycles. The fraction of sp³-hybridized carbons (Fsp3) is 0.818. The molecule has 2 unspecified atom stereocenters. The first kappa shape index (κ1) is 8.83. The molecule has 0 N–H and O–H groups in total. The van der Waals surface area contributed by atoms with Crippen LogP contribution < -0.4 is 0 Å². The average molecular weight is 152 g/mol. The minimum Gasteiger partial charge on any atom is -0.0856 e. The summed E-state index contributed by atoms with van der Waals surface area (Å²) in [6.45, 7) is 6.92. The molecule has 1 rings (SSSR count). The molecule has 0 amide bonds. The summed E-state index contributed by atoms with van der Waals surface area (Å²) in [6.07, 6.45) is 7.92. The maximum absolute atomic E-state index is 2.40. The predicted octanol–water partition coefficient (Wildman–Crippen LogP) is 3.78. The second-order valence-corrected chi connectivity index (χ2v) is 3.87. The van der Waals surface area contributed by atoms with Crippen LogP contribution in [0.5, 0.6) is 0 Å². The molecule has 1 saturated carbocycles. The minimum absolute atomic E-state index is 0.912. The van der Waals surface area contributed by atoms with Crippen molar-refractivity contribution in [1.29, 1.82) is 0 Å². The fourth-order valence-corrected chi connectivity index (χ4v) is 2.30. The van der Waals surface area contributed by atoms with Gasteiger partial charge in [0.2, 0.25) is 0 Å². The molecule has 2 atom stereocenters. The van der Waals surface area contributed by atoms with Crippen molar-refractivity contribution in [3.63, 3.8) is 0 Å². The fourth-order valence-electron chi connectivity index (χ4n) is 2.30. The first-order valence-electron chi connectivity index (χ1n) is 4.92. The lowest BCUT2D eigenvalue weighted by atomic mass is 9.90. The van der Waals surface area contributed by atoms with Gasteiger partial charge in [0.15, 0.2) is 0 Å². The van der Waals surface area contributed by atoms with E-state index in [2.05, 4.69) is 26.8 Å². The molecule has 0 aromatic rings. The van der Waals surface area contributed by atoms with Gasteiger partial charge in [0.05, 0.1) is 0 Å². The molecule has 0 radical (unpaired) electrons. The van der Waals surface area contributed by atoms with Crippen LogP contribution in [-0.2, 0) is 0 Å². The van der Waals surface area contributed by atoms with E-state index in [1.54, 1.807) is 5.57 Å². The van der Waals surface area contributed by atoms with E-state index in [1.807, 2.05) is 0 Å². The predicted molar refractivity (Wildman–Crippen MR) is 50.6 cm³/mol. The standard InChI is InChI=1S/C11H20/c1-4-6-9(2)11-8-5-7-10(11)3/h6,10-11H,4-5,7-8H2,1-3H3/b9-6+. The second kappa shape index (κ2) is 3.94. The first-order chi connectivity index (χ1) is 5.25. The van der Waals surface area contributed by atoms with Gasteiger partial charge < -0.3 is 0 Å². The van der Waals surface area contributed by atoms with Gasteiger partial charge in [0, 0.05) is 0 Å². The maximum Gasteiger partial charge on any atom is -0.0180 e. The van der Waals surface area contributed by atoms with Crippen molar-refractivity contribution in [1.82, 2.24) is 0 Å². The van der Waals surface area contributed by atoms with Gasteiger partial charge >= 0.3 is 0 Å². The Morgan fingerprint density at radius 2 is 2.18 bits per heavy atom. The maximum atomic E-state index is 2.40. The third-order valence-electron chi connectivity index (χ3n) is 2.97. The van der Waals surface area contributed by atoms with Crippen molar-refractivity contribution in [3.05, 3.63) is 11.6 Å².